The number of nitrogens with zero attached hydrogens (tertiary/aromatic N) is 2. The minimum atomic E-state index is -3.55. The van der Waals surface area contributed by atoms with E-state index in [9.17, 15) is 13.2 Å². The highest BCUT2D eigenvalue weighted by atomic mass is 32.2. The van der Waals surface area contributed by atoms with E-state index in [1.54, 1.807) is 23.7 Å². The zero-order chi connectivity index (χ0) is 21.5. The highest BCUT2D eigenvalue weighted by molar-refractivity contribution is 7.91. The van der Waals surface area contributed by atoms with Crippen LogP contribution < -0.4 is 4.72 Å². The van der Waals surface area contributed by atoms with Crippen molar-refractivity contribution in [2.75, 3.05) is 6.54 Å². The number of sulfonamides is 1. The van der Waals surface area contributed by atoms with Crippen LogP contribution in [0.15, 0.2) is 34.0 Å². The SMILES string of the molecule is Cc1cc(C)c(C(=O)N2CCc3c(cnc(C)c3CNS(=O)(=O)c3cccs3)C2)[nH]1. The molecular formula is C21H24N4O3S2. The van der Waals surface area contributed by atoms with E-state index in [0.717, 1.165) is 33.6 Å². The lowest BCUT2D eigenvalue weighted by molar-refractivity contribution is 0.0728. The molecule has 9 heteroatoms. The van der Waals surface area contributed by atoms with Crippen LogP contribution in [0.5, 0.6) is 0 Å². The predicted molar refractivity (Wildman–Crippen MR) is 116 cm³/mol. The second-order valence-electron chi connectivity index (χ2n) is 7.57. The summed E-state index contributed by atoms with van der Waals surface area (Å²) in [5.74, 6) is -0.0215. The van der Waals surface area contributed by atoms with Gasteiger partial charge in [0.1, 0.15) is 9.90 Å². The normalized spacial score (nSPS) is 14.0. The summed E-state index contributed by atoms with van der Waals surface area (Å²) in [4.78, 5) is 22.4. The minimum Gasteiger partial charge on any atom is -0.354 e. The molecule has 0 fully saturated rings. The lowest BCUT2D eigenvalue weighted by Crippen LogP contribution is -2.37. The van der Waals surface area contributed by atoms with Gasteiger partial charge in [-0.2, -0.15) is 0 Å². The Morgan fingerprint density at radius 3 is 2.80 bits per heavy atom. The topological polar surface area (TPSA) is 95.2 Å². The summed E-state index contributed by atoms with van der Waals surface area (Å²) in [7, 11) is -3.55. The van der Waals surface area contributed by atoms with Crippen molar-refractivity contribution in [3.8, 4) is 0 Å². The van der Waals surface area contributed by atoms with Crippen molar-refractivity contribution in [2.45, 2.75) is 44.5 Å². The number of pyridine rings is 1. The number of carbonyl (C=O) groups excluding carboxylic acids is 1. The van der Waals surface area contributed by atoms with Crippen LogP contribution in [0.4, 0.5) is 0 Å². The fraction of sp³-hybridized carbons (Fsp3) is 0.333. The molecule has 0 saturated carbocycles. The van der Waals surface area contributed by atoms with Crippen molar-refractivity contribution >= 4 is 27.3 Å². The van der Waals surface area contributed by atoms with Gasteiger partial charge in [0.05, 0.1) is 0 Å². The van der Waals surface area contributed by atoms with E-state index in [4.69, 9.17) is 0 Å². The monoisotopic (exact) mass is 444 g/mol. The quantitative estimate of drug-likeness (QED) is 0.632. The summed E-state index contributed by atoms with van der Waals surface area (Å²) in [6, 6.07) is 5.27. The first-order chi connectivity index (χ1) is 14.3. The standard InChI is InChI=1S/C21H24N4O3S2/c1-13-9-14(2)24-20(13)21(26)25-7-6-17-16(12-25)10-22-15(3)18(17)11-23-30(27,28)19-5-4-8-29-19/h4-5,8-10,23-24H,6-7,11-12H2,1-3H3. The molecule has 4 heterocycles. The second kappa shape index (κ2) is 7.98. The Bertz CT molecular complexity index is 1200. The molecule has 0 radical (unpaired) electrons. The zero-order valence-electron chi connectivity index (χ0n) is 17.2. The van der Waals surface area contributed by atoms with Crippen LogP contribution in [0.25, 0.3) is 0 Å². The molecule has 2 N–H and O–H groups in total. The first-order valence-corrected chi connectivity index (χ1v) is 12.1. The molecule has 3 aromatic rings. The average Bonchev–Trinajstić information content (AvgIpc) is 3.36. The summed E-state index contributed by atoms with van der Waals surface area (Å²) < 4.78 is 28.0. The van der Waals surface area contributed by atoms with Gasteiger partial charge in [0.15, 0.2) is 0 Å². The van der Waals surface area contributed by atoms with Crippen molar-refractivity contribution in [3.63, 3.8) is 0 Å². The summed E-state index contributed by atoms with van der Waals surface area (Å²) >= 11 is 1.19. The van der Waals surface area contributed by atoms with Gasteiger partial charge < -0.3 is 9.88 Å². The molecule has 1 amide bonds. The molecule has 1 aliphatic rings. The van der Waals surface area contributed by atoms with Gasteiger partial charge in [0.2, 0.25) is 10.0 Å². The number of thiophene rings is 1. The number of hydrogen-bond acceptors (Lipinski definition) is 5. The third-order valence-corrected chi connectivity index (χ3v) is 8.24. The zero-order valence-corrected chi connectivity index (χ0v) is 18.8. The highest BCUT2D eigenvalue weighted by Gasteiger charge is 2.27. The molecule has 0 saturated heterocycles. The number of rotatable bonds is 5. The summed E-state index contributed by atoms with van der Waals surface area (Å²) in [5.41, 5.74) is 6.27. The number of aromatic amines is 1. The van der Waals surface area contributed by atoms with E-state index in [2.05, 4.69) is 14.7 Å². The maximum Gasteiger partial charge on any atom is 0.270 e. The van der Waals surface area contributed by atoms with Crippen LogP contribution in [0.3, 0.4) is 0 Å². The molecular weight excluding hydrogens is 420 g/mol. The smallest absolute Gasteiger partial charge is 0.270 e. The fourth-order valence-corrected chi connectivity index (χ4v) is 5.93. The Labute approximate surface area is 180 Å². The maximum atomic E-state index is 13.0. The fourth-order valence-electron chi connectivity index (χ4n) is 3.89. The predicted octanol–water partition coefficient (Wildman–Crippen LogP) is 3.07. The summed E-state index contributed by atoms with van der Waals surface area (Å²) in [6.45, 7) is 6.98. The highest BCUT2D eigenvalue weighted by Crippen LogP contribution is 2.26. The van der Waals surface area contributed by atoms with E-state index in [0.29, 0.717) is 29.4 Å². The molecule has 0 aliphatic carbocycles. The average molecular weight is 445 g/mol. The lowest BCUT2D eigenvalue weighted by atomic mass is 9.95. The van der Waals surface area contributed by atoms with Crippen molar-refractivity contribution in [2.24, 2.45) is 0 Å². The van der Waals surface area contributed by atoms with Crippen LogP contribution in [0.2, 0.25) is 0 Å². The van der Waals surface area contributed by atoms with Crippen molar-refractivity contribution in [1.82, 2.24) is 19.6 Å². The van der Waals surface area contributed by atoms with Crippen LogP contribution in [-0.4, -0.2) is 35.7 Å². The molecule has 1 aliphatic heterocycles. The molecule has 4 rings (SSSR count). The van der Waals surface area contributed by atoms with Crippen molar-refractivity contribution in [1.29, 1.82) is 0 Å². The third-order valence-electron chi connectivity index (χ3n) is 5.45. The molecule has 0 unspecified atom stereocenters. The van der Waals surface area contributed by atoms with E-state index in [-0.39, 0.29) is 12.5 Å². The van der Waals surface area contributed by atoms with Gasteiger partial charge in [-0.25, -0.2) is 13.1 Å². The van der Waals surface area contributed by atoms with Gasteiger partial charge in [-0.15, -0.1) is 11.3 Å². The number of nitrogens with one attached hydrogen (secondary N) is 2. The number of fused-ring (bicyclic) bond motifs is 1. The first kappa shape index (κ1) is 20.8. The van der Waals surface area contributed by atoms with E-state index in [1.165, 1.54) is 11.3 Å². The number of carbonyl (C=O) groups is 1. The number of amides is 1. The molecule has 158 valence electrons. The van der Waals surface area contributed by atoms with E-state index >= 15 is 0 Å². The molecule has 3 aromatic heterocycles. The Balaban J connectivity index is 1.55. The molecule has 0 bridgehead atoms. The molecule has 7 nitrogen and oxygen atoms in total. The van der Waals surface area contributed by atoms with Gasteiger partial charge in [-0.3, -0.25) is 9.78 Å². The van der Waals surface area contributed by atoms with Gasteiger partial charge in [0, 0.05) is 37.2 Å². The maximum absolute atomic E-state index is 13.0. The second-order valence-corrected chi connectivity index (χ2v) is 10.5. The Kier molecular flexibility index (Phi) is 5.52. The summed E-state index contributed by atoms with van der Waals surface area (Å²) in [5, 5.41) is 1.74. The Morgan fingerprint density at radius 2 is 2.13 bits per heavy atom. The molecule has 30 heavy (non-hydrogen) atoms. The number of aryl methyl sites for hydroxylation is 3. The van der Waals surface area contributed by atoms with Crippen LogP contribution >= 0.6 is 11.3 Å². The van der Waals surface area contributed by atoms with Gasteiger partial charge in [-0.05, 0) is 67.0 Å². The molecule has 0 aromatic carbocycles. The van der Waals surface area contributed by atoms with E-state index < -0.39 is 10.0 Å². The van der Waals surface area contributed by atoms with Crippen molar-refractivity contribution < 1.29 is 13.2 Å². The van der Waals surface area contributed by atoms with Gasteiger partial charge >= 0.3 is 0 Å². The number of H-pyrrole nitrogens is 1. The Hall–Kier alpha value is -2.49. The third kappa shape index (κ3) is 3.92. The van der Waals surface area contributed by atoms with Gasteiger partial charge in [-0.1, -0.05) is 6.07 Å². The molecule has 0 atom stereocenters. The van der Waals surface area contributed by atoms with Crippen LogP contribution in [-0.2, 0) is 29.5 Å². The van der Waals surface area contributed by atoms with Crippen LogP contribution in [0.1, 0.15) is 44.1 Å². The number of aromatic nitrogens is 2. The Morgan fingerprint density at radius 1 is 1.33 bits per heavy atom. The largest absolute Gasteiger partial charge is 0.354 e. The van der Waals surface area contributed by atoms with Crippen LogP contribution in [0, 0.1) is 20.8 Å². The van der Waals surface area contributed by atoms with E-state index in [1.807, 2.05) is 31.7 Å². The number of hydrogen-bond donors (Lipinski definition) is 2. The summed E-state index contributed by atoms with van der Waals surface area (Å²) in [6.07, 6.45) is 2.47. The lowest BCUT2D eigenvalue weighted by Gasteiger charge is -2.30. The van der Waals surface area contributed by atoms with Crippen molar-refractivity contribution in [3.05, 3.63) is 69.1 Å². The first-order valence-electron chi connectivity index (χ1n) is 9.71. The van der Waals surface area contributed by atoms with Gasteiger partial charge in [0.25, 0.3) is 5.91 Å². The minimum absolute atomic E-state index is 0.0215. The molecule has 0 spiro atoms.